The van der Waals surface area contributed by atoms with E-state index in [0.29, 0.717) is 5.69 Å². The fraction of sp³-hybridized carbons (Fsp3) is 0.455. The van der Waals surface area contributed by atoms with E-state index in [0.717, 1.165) is 30.8 Å². The van der Waals surface area contributed by atoms with Gasteiger partial charge in [0.2, 0.25) is 0 Å². The Morgan fingerprint density at radius 2 is 2.00 bits per heavy atom. The van der Waals surface area contributed by atoms with E-state index in [1.807, 2.05) is 13.0 Å². The first-order valence-electron chi connectivity index (χ1n) is 4.90. The number of pyridine rings is 1. The first-order chi connectivity index (χ1) is 6.71. The van der Waals surface area contributed by atoms with Gasteiger partial charge < -0.3 is 4.90 Å². The van der Waals surface area contributed by atoms with Gasteiger partial charge in [0.15, 0.2) is 6.29 Å². The van der Waals surface area contributed by atoms with Crippen molar-refractivity contribution in [3.63, 3.8) is 0 Å². The minimum atomic E-state index is 0.506. The predicted molar refractivity (Wildman–Crippen MR) is 57.9 cm³/mol. The second kappa shape index (κ2) is 4.74. The number of rotatable bonds is 4. The SMILES string of the molecule is CCN(CC)c1cc(C)cc(C=O)n1. The van der Waals surface area contributed by atoms with Crippen LogP contribution in [-0.2, 0) is 0 Å². The minimum absolute atomic E-state index is 0.506. The van der Waals surface area contributed by atoms with Crippen LogP contribution in [0.3, 0.4) is 0 Å². The molecule has 1 rings (SSSR count). The molecule has 1 heterocycles. The average Bonchev–Trinajstić information content (AvgIpc) is 2.19. The zero-order chi connectivity index (χ0) is 10.6. The molecule has 0 saturated carbocycles. The van der Waals surface area contributed by atoms with Gasteiger partial charge in [-0.05, 0) is 38.5 Å². The maximum atomic E-state index is 10.6. The summed E-state index contributed by atoms with van der Waals surface area (Å²) in [6, 6.07) is 3.79. The fourth-order valence-corrected chi connectivity index (χ4v) is 1.45. The third kappa shape index (κ3) is 2.31. The van der Waals surface area contributed by atoms with Gasteiger partial charge in [0.1, 0.15) is 11.5 Å². The van der Waals surface area contributed by atoms with E-state index in [4.69, 9.17) is 0 Å². The van der Waals surface area contributed by atoms with Crippen LogP contribution in [0.4, 0.5) is 5.82 Å². The molecule has 0 atom stereocenters. The van der Waals surface area contributed by atoms with Crippen molar-refractivity contribution in [2.24, 2.45) is 0 Å². The number of nitrogens with zero attached hydrogens (tertiary/aromatic N) is 2. The molecule has 0 spiro atoms. The monoisotopic (exact) mass is 192 g/mol. The molecular weight excluding hydrogens is 176 g/mol. The molecule has 0 bridgehead atoms. The van der Waals surface area contributed by atoms with Crippen molar-refractivity contribution in [1.82, 2.24) is 4.98 Å². The molecular formula is C11H16N2O. The molecule has 0 radical (unpaired) electrons. The van der Waals surface area contributed by atoms with E-state index in [-0.39, 0.29) is 0 Å². The highest BCUT2D eigenvalue weighted by Gasteiger charge is 2.05. The van der Waals surface area contributed by atoms with Gasteiger partial charge in [-0.2, -0.15) is 0 Å². The Kier molecular flexibility index (Phi) is 3.63. The number of aromatic nitrogens is 1. The number of anilines is 1. The second-order valence-corrected chi connectivity index (χ2v) is 3.22. The zero-order valence-corrected chi connectivity index (χ0v) is 8.95. The van der Waals surface area contributed by atoms with Crippen molar-refractivity contribution < 1.29 is 4.79 Å². The molecule has 0 N–H and O–H groups in total. The Morgan fingerprint density at radius 3 is 2.50 bits per heavy atom. The first kappa shape index (κ1) is 10.7. The van der Waals surface area contributed by atoms with Crippen LogP contribution in [0.15, 0.2) is 12.1 Å². The first-order valence-corrected chi connectivity index (χ1v) is 4.90. The molecule has 0 aromatic carbocycles. The van der Waals surface area contributed by atoms with Crippen molar-refractivity contribution in [2.45, 2.75) is 20.8 Å². The Hall–Kier alpha value is -1.38. The molecule has 0 aliphatic heterocycles. The Bertz CT molecular complexity index is 319. The summed E-state index contributed by atoms with van der Waals surface area (Å²) in [6.07, 6.45) is 0.792. The van der Waals surface area contributed by atoms with Gasteiger partial charge >= 0.3 is 0 Å². The van der Waals surface area contributed by atoms with Gasteiger partial charge in [-0.3, -0.25) is 4.79 Å². The third-order valence-corrected chi connectivity index (χ3v) is 2.18. The van der Waals surface area contributed by atoms with E-state index >= 15 is 0 Å². The van der Waals surface area contributed by atoms with Crippen LogP contribution < -0.4 is 4.90 Å². The third-order valence-electron chi connectivity index (χ3n) is 2.18. The lowest BCUT2D eigenvalue weighted by Gasteiger charge is -2.20. The molecule has 3 nitrogen and oxygen atoms in total. The summed E-state index contributed by atoms with van der Waals surface area (Å²) < 4.78 is 0. The number of hydrogen-bond acceptors (Lipinski definition) is 3. The van der Waals surface area contributed by atoms with E-state index in [1.165, 1.54) is 0 Å². The molecule has 0 fully saturated rings. The number of carbonyl (C=O) groups excluding carboxylic acids is 1. The quantitative estimate of drug-likeness (QED) is 0.684. The van der Waals surface area contributed by atoms with Crippen molar-refractivity contribution in [3.05, 3.63) is 23.4 Å². The van der Waals surface area contributed by atoms with Crippen LogP contribution in [0.25, 0.3) is 0 Å². The highest BCUT2D eigenvalue weighted by atomic mass is 16.1. The van der Waals surface area contributed by atoms with Crippen LogP contribution in [0, 0.1) is 6.92 Å². The van der Waals surface area contributed by atoms with Crippen LogP contribution in [0.2, 0.25) is 0 Å². The van der Waals surface area contributed by atoms with E-state index in [1.54, 1.807) is 6.07 Å². The van der Waals surface area contributed by atoms with E-state index in [2.05, 4.69) is 23.7 Å². The number of aldehydes is 1. The lowest BCUT2D eigenvalue weighted by atomic mass is 10.2. The maximum absolute atomic E-state index is 10.6. The molecule has 0 amide bonds. The largest absolute Gasteiger partial charge is 0.357 e. The maximum Gasteiger partial charge on any atom is 0.168 e. The topological polar surface area (TPSA) is 33.2 Å². The lowest BCUT2D eigenvalue weighted by molar-refractivity contribution is 0.111. The highest BCUT2D eigenvalue weighted by molar-refractivity contribution is 5.73. The fourth-order valence-electron chi connectivity index (χ4n) is 1.45. The molecule has 1 aromatic heterocycles. The summed E-state index contributed by atoms with van der Waals surface area (Å²) in [4.78, 5) is 17.0. The predicted octanol–water partition coefficient (Wildman–Crippen LogP) is 2.05. The molecule has 76 valence electrons. The molecule has 0 unspecified atom stereocenters. The smallest absolute Gasteiger partial charge is 0.168 e. The van der Waals surface area contributed by atoms with Crippen molar-refractivity contribution >= 4 is 12.1 Å². The number of carbonyl (C=O) groups is 1. The molecule has 0 saturated heterocycles. The van der Waals surface area contributed by atoms with Crippen LogP contribution >= 0.6 is 0 Å². The highest BCUT2D eigenvalue weighted by Crippen LogP contribution is 2.13. The molecule has 3 heteroatoms. The molecule has 14 heavy (non-hydrogen) atoms. The summed E-state index contributed by atoms with van der Waals surface area (Å²) in [6.45, 7) is 7.94. The summed E-state index contributed by atoms with van der Waals surface area (Å²) in [5, 5.41) is 0. The van der Waals surface area contributed by atoms with Gasteiger partial charge in [-0.25, -0.2) is 4.98 Å². The lowest BCUT2D eigenvalue weighted by Crippen LogP contribution is -2.23. The summed E-state index contributed by atoms with van der Waals surface area (Å²) in [5.41, 5.74) is 1.58. The van der Waals surface area contributed by atoms with Gasteiger partial charge in [-0.1, -0.05) is 0 Å². The Labute approximate surface area is 84.8 Å². The standard InChI is InChI=1S/C11H16N2O/c1-4-13(5-2)11-7-9(3)6-10(8-14)12-11/h6-8H,4-5H2,1-3H3. The molecule has 0 aliphatic rings. The van der Waals surface area contributed by atoms with Gasteiger partial charge in [-0.15, -0.1) is 0 Å². The van der Waals surface area contributed by atoms with Crippen LogP contribution in [0.1, 0.15) is 29.9 Å². The van der Waals surface area contributed by atoms with E-state index < -0.39 is 0 Å². The number of hydrogen-bond donors (Lipinski definition) is 0. The van der Waals surface area contributed by atoms with Crippen molar-refractivity contribution in [1.29, 1.82) is 0 Å². The van der Waals surface area contributed by atoms with Gasteiger partial charge in [0, 0.05) is 13.1 Å². The average molecular weight is 192 g/mol. The second-order valence-electron chi connectivity index (χ2n) is 3.22. The van der Waals surface area contributed by atoms with Crippen LogP contribution in [0.5, 0.6) is 0 Å². The Morgan fingerprint density at radius 1 is 1.36 bits per heavy atom. The Balaban J connectivity index is 3.07. The minimum Gasteiger partial charge on any atom is -0.357 e. The summed E-state index contributed by atoms with van der Waals surface area (Å²) in [7, 11) is 0. The van der Waals surface area contributed by atoms with Crippen LogP contribution in [-0.4, -0.2) is 24.4 Å². The van der Waals surface area contributed by atoms with Crippen molar-refractivity contribution in [3.8, 4) is 0 Å². The molecule has 0 aliphatic carbocycles. The summed E-state index contributed by atoms with van der Waals surface area (Å²) in [5.74, 6) is 0.886. The zero-order valence-electron chi connectivity index (χ0n) is 8.95. The van der Waals surface area contributed by atoms with Crippen molar-refractivity contribution in [2.75, 3.05) is 18.0 Å². The summed E-state index contributed by atoms with van der Waals surface area (Å²) >= 11 is 0. The van der Waals surface area contributed by atoms with Gasteiger partial charge in [0.05, 0.1) is 0 Å². The normalized spacial score (nSPS) is 9.93. The van der Waals surface area contributed by atoms with E-state index in [9.17, 15) is 4.79 Å². The molecule has 1 aromatic rings. The number of aryl methyl sites for hydroxylation is 1. The van der Waals surface area contributed by atoms with Gasteiger partial charge in [0.25, 0.3) is 0 Å².